The minimum absolute atomic E-state index is 0.605. The molecule has 0 amide bonds. The molecule has 0 bridgehead atoms. The van der Waals surface area contributed by atoms with Crippen LogP contribution in [-0.2, 0) is 0 Å². The summed E-state index contributed by atoms with van der Waals surface area (Å²) in [6.07, 6.45) is 8.03. The monoisotopic (exact) mass is 535 g/mol. The van der Waals surface area contributed by atoms with E-state index in [0.29, 0.717) is 5.11 Å². The van der Waals surface area contributed by atoms with E-state index in [0.717, 1.165) is 87.0 Å². The van der Waals surface area contributed by atoms with Crippen LogP contribution < -0.4 is 25.8 Å². The zero-order valence-corrected chi connectivity index (χ0v) is 22.8. The standard InChI is InChI=1S/C27H37N9OS/c1-34(17-11-30-27(38)31-22-8-6-21(7-9-22)23-19-28-20-37-23)16-10-29-24-18-25(35-12-2-3-13-35)33-26(32-24)36-14-4-5-15-36/h6-9,18-20H,2-5,10-17H2,1H3,(H,29,32,33)(H2,30,31,38). The molecule has 0 radical (unpaired) electrons. The highest BCUT2D eigenvalue weighted by Crippen LogP contribution is 2.25. The highest BCUT2D eigenvalue weighted by atomic mass is 32.1. The molecule has 4 heterocycles. The van der Waals surface area contributed by atoms with Crippen LogP contribution in [0.2, 0.25) is 0 Å². The van der Waals surface area contributed by atoms with E-state index < -0.39 is 0 Å². The summed E-state index contributed by atoms with van der Waals surface area (Å²) in [5, 5.41) is 10.7. The van der Waals surface area contributed by atoms with E-state index >= 15 is 0 Å². The van der Waals surface area contributed by atoms with E-state index in [1.165, 1.54) is 32.1 Å². The maximum Gasteiger partial charge on any atom is 0.229 e. The average molecular weight is 536 g/mol. The number of nitrogens with zero attached hydrogens (tertiary/aromatic N) is 6. The molecule has 202 valence electrons. The van der Waals surface area contributed by atoms with Gasteiger partial charge in [0.25, 0.3) is 0 Å². The lowest BCUT2D eigenvalue weighted by Crippen LogP contribution is -2.36. The Hall–Kier alpha value is -3.44. The first-order chi connectivity index (χ1) is 18.6. The van der Waals surface area contributed by atoms with Gasteiger partial charge in [0.2, 0.25) is 5.95 Å². The van der Waals surface area contributed by atoms with Crippen molar-refractivity contribution in [2.75, 3.05) is 79.8 Å². The topological polar surface area (TPSA) is 97.6 Å². The molecule has 1 aromatic carbocycles. The fraction of sp³-hybridized carbons (Fsp3) is 0.481. The third-order valence-electron chi connectivity index (χ3n) is 6.96. The van der Waals surface area contributed by atoms with Crippen LogP contribution in [0.4, 0.5) is 23.3 Å². The van der Waals surface area contributed by atoms with Crippen LogP contribution in [0.3, 0.4) is 0 Å². The lowest BCUT2D eigenvalue weighted by molar-refractivity contribution is 0.352. The normalized spacial score (nSPS) is 15.3. The number of hydrogen-bond acceptors (Lipinski definition) is 9. The van der Waals surface area contributed by atoms with Crippen LogP contribution in [-0.4, -0.2) is 84.4 Å². The number of aromatic nitrogens is 3. The Balaban J connectivity index is 1.04. The summed E-state index contributed by atoms with van der Waals surface area (Å²) in [6, 6.07) is 10.0. The molecule has 2 aliphatic heterocycles. The largest absolute Gasteiger partial charge is 0.444 e. The van der Waals surface area contributed by atoms with Crippen molar-refractivity contribution in [1.29, 1.82) is 0 Å². The molecule has 0 saturated carbocycles. The fourth-order valence-corrected chi connectivity index (χ4v) is 5.00. The van der Waals surface area contributed by atoms with E-state index in [4.69, 9.17) is 26.6 Å². The van der Waals surface area contributed by atoms with Gasteiger partial charge in [0, 0.05) is 69.7 Å². The molecule has 0 aliphatic carbocycles. The molecule has 5 rings (SSSR count). The van der Waals surface area contributed by atoms with Gasteiger partial charge in [-0.1, -0.05) is 0 Å². The summed E-state index contributed by atoms with van der Waals surface area (Å²) in [4.78, 5) is 20.7. The Kier molecular flexibility index (Phi) is 8.87. The predicted octanol–water partition coefficient (Wildman–Crippen LogP) is 3.66. The van der Waals surface area contributed by atoms with Gasteiger partial charge < -0.3 is 35.1 Å². The maximum atomic E-state index is 5.46. The van der Waals surface area contributed by atoms with Gasteiger partial charge >= 0.3 is 0 Å². The Bertz CT molecular complexity index is 1130. The number of thiocarbonyl (C=S) groups is 1. The molecular weight excluding hydrogens is 498 g/mol. The molecule has 0 atom stereocenters. The molecular formula is C27H37N9OS. The number of rotatable bonds is 11. The van der Waals surface area contributed by atoms with Gasteiger partial charge in [-0.15, -0.1) is 0 Å². The van der Waals surface area contributed by atoms with Gasteiger partial charge in [0.15, 0.2) is 17.3 Å². The number of benzene rings is 1. The summed E-state index contributed by atoms with van der Waals surface area (Å²) < 4.78 is 5.33. The number of oxazole rings is 1. The minimum Gasteiger partial charge on any atom is -0.444 e. The van der Waals surface area contributed by atoms with Crippen molar-refractivity contribution in [3.8, 4) is 11.3 Å². The molecule has 38 heavy (non-hydrogen) atoms. The van der Waals surface area contributed by atoms with Gasteiger partial charge in [0.1, 0.15) is 11.6 Å². The van der Waals surface area contributed by atoms with Crippen LogP contribution in [0.1, 0.15) is 25.7 Å². The van der Waals surface area contributed by atoms with Crippen molar-refractivity contribution in [3.63, 3.8) is 0 Å². The third kappa shape index (κ3) is 7.11. The Morgan fingerprint density at radius 3 is 2.39 bits per heavy atom. The number of hydrogen-bond donors (Lipinski definition) is 3. The first-order valence-electron chi connectivity index (χ1n) is 13.5. The van der Waals surface area contributed by atoms with E-state index in [1.54, 1.807) is 6.20 Å². The minimum atomic E-state index is 0.605. The predicted molar refractivity (Wildman–Crippen MR) is 157 cm³/mol. The van der Waals surface area contributed by atoms with Crippen molar-refractivity contribution < 1.29 is 4.42 Å². The van der Waals surface area contributed by atoms with Crippen molar-refractivity contribution in [2.24, 2.45) is 0 Å². The quantitative estimate of drug-likeness (QED) is 0.314. The van der Waals surface area contributed by atoms with Crippen LogP contribution in [0, 0.1) is 0 Å². The van der Waals surface area contributed by atoms with Gasteiger partial charge in [-0.2, -0.15) is 9.97 Å². The van der Waals surface area contributed by atoms with Crippen molar-refractivity contribution in [2.45, 2.75) is 25.7 Å². The summed E-state index contributed by atoms with van der Waals surface area (Å²) in [6.45, 7) is 7.58. The lowest BCUT2D eigenvalue weighted by Gasteiger charge is -2.22. The molecule has 0 spiro atoms. The third-order valence-corrected chi connectivity index (χ3v) is 7.20. The van der Waals surface area contributed by atoms with Gasteiger partial charge in [0.05, 0.1) is 6.20 Å². The summed E-state index contributed by atoms with van der Waals surface area (Å²) in [5.41, 5.74) is 1.90. The summed E-state index contributed by atoms with van der Waals surface area (Å²) >= 11 is 5.46. The SMILES string of the molecule is CN(CCNC(=S)Nc1ccc(-c2cnco2)cc1)CCNc1cc(N2CCCC2)nc(N2CCCC2)n1. The number of anilines is 4. The second-order valence-corrected chi connectivity index (χ2v) is 10.3. The highest BCUT2D eigenvalue weighted by molar-refractivity contribution is 7.80. The van der Waals surface area contributed by atoms with Crippen molar-refractivity contribution in [3.05, 3.63) is 42.9 Å². The fourth-order valence-electron chi connectivity index (χ4n) is 4.78. The summed E-state index contributed by atoms with van der Waals surface area (Å²) in [5.74, 6) is 3.57. The first kappa shape index (κ1) is 26.2. The van der Waals surface area contributed by atoms with Crippen LogP contribution in [0.25, 0.3) is 11.3 Å². The number of likely N-dealkylation sites (N-methyl/N-ethyl adjacent to an activating group) is 1. The molecule has 11 heteroatoms. The van der Waals surface area contributed by atoms with E-state index in [1.807, 2.05) is 24.3 Å². The van der Waals surface area contributed by atoms with Crippen molar-refractivity contribution >= 4 is 40.6 Å². The molecule has 3 aromatic rings. The molecule has 2 aliphatic rings. The molecule has 10 nitrogen and oxygen atoms in total. The zero-order chi connectivity index (χ0) is 26.2. The van der Waals surface area contributed by atoms with Crippen LogP contribution in [0.15, 0.2) is 47.3 Å². The highest BCUT2D eigenvalue weighted by Gasteiger charge is 2.20. The molecule has 2 saturated heterocycles. The van der Waals surface area contributed by atoms with Crippen molar-refractivity contribution in [1.82, 2.24) is 25.2 Å². The summed E-state index contributed by atoms with van der Waals surface area (Å²) in [7, 11) is 2.12. The lowest BCUT2D eigenvalue weighted by atomic mass is 10.2. The maximum absolute atomic E-state index is 5.46. The van der Waals surface area contributed by atoms with Gasteiger partial charge in [-0.3, -0.25) is 0 Å². The average Bonchev–Trinajstić information content (AvgIpc) is 3.72. The molecule has 0 unspecified atom stereocenters. The number of nitrogens with one attached hydrogen (secondary N) is 3. The molecule has 2 aromatic heterocycles. The molecule has 3 N–H and O–H groups in total. The Labute approximate surface area is 229 Å². The van der Waals surface area contributed by atoms with E-state index in [2.05, 4.69) is 48.7 Å². The van der Waals surface area contributed by atoms with Crippen LogP contribution in [0.5, 0.6) is 0 Å². The second-order valence-electron chi connectivity index (χ2n) is 9.85. The van der Waals surface area contributed by atoms with Gasteiger partial charge in [-0.05, 0) is 69.2 Å². The molecule has 2 fully saturated rings. The van der Waals surface area contributed by atoms with Gasteiger partial charge in [-0.25, -0.2) is 4.98 Å². The van der Waals surface area contributed by atoms with E-state index in [-0.39, 0.29) is 0 Å². The van der Waals surface area contributed by atoms with Crippen LogP contribution >= 0.6 is 12.2 Å². The smallest absolute Gasteiger partial charge is 0.229 e. The second kappa shape index (κ2) is 12.9. The Morgan fingerprint density at radius 2 is 1.68 bits per heavy atom. The zero-order valence-electron chi connectivity index (χ0n) is 22.0. The van der Waals surface area contributed by atoms with E-state index in [9.17, 15) is 0 Å². The Morgan fingerprint density at radius 1 is 0.974 bits per heavy atom. The first-order valence-corrected chi connectivity index (χ1v) is 13.9.